The maximum atomic E-state index is 12.2. The Balaban J connectivity index is 2.76. The average Bonchev–Trinajstić information content (AvgIpc) is 2.30. The highest BCUT2D eigenvalue weighted by molar-refractivity contribution is 5.82. The van der Waals surface area contributed by atoms with E-state index in [9.17, 15) is 4.79 Å². The summed E-state index contributed by atoms with van der Waals surface area (Å²) in [5.41, 5.74) is 0. The van der Waals surface area contributed by atoms with E-state index in [-0.39, 0.29) is 11.9 Å². The van der Waals surface area contributed by atoms with Gasteiger partial charge >= 0.3 is 0 Å². The molecule has 1 amide bonds. The van der Waals surface area contributed by atoms with Crippen LogP contribution in [0.5, 0.6) is 0 Å². The minimum absolute atomic E-state index is 0.0000926. The van der Waals surface area contributed by atoms with Crippen molar-refractivity contribution in [3.05, 3.63) is 0 Å². The van der Waals surface area contributed by atoms with Gasteiger partial charge in [0.05, 0.1) is 0 Å². The second-order valence-electron chi connectivity index (χ2n) is 4.53. The van der Waals surface area contributed by atoms with Gasteiger partial charge in [0.15, 0.2) is 0 Å². The lowest BCUT2D eigenvalue weighted by Gasteiger charge is -2.30. The molecule has 0 aliphatic carbocycles. The molecule has 0 saturated carbocycles. The summed E-state index contributed by atoms with van der Waals surface area (Å²) in [5, 5.41) is 3.10. The van der Waals surface area contributed by atoms with Gasteiger partial charge in [-0.25, -0.2) is 0 Å². The van der Waals surface area contributed by atoms with Crippen molar-refractivity contribution in [1.82, 2.24) is 15.1 Å². The van der Waals surface area contributed by atoms with E-state index in [1.807, 2.05) is 19.0 Å². The molecule has 0 radical (unpaired) electrons. The molecule has 0 aromatic heterocycles. The van der Waals surface area contributed by atoms with E-state index in [0.29, 0.717) is 6.04 Å². The van der Waals surface area contributed by atoms with Gasteiger partial charge in [-0.3, -0.25) is 9.69 Å². The summed E-state index contributed by atoms with van der Waals surface area (Å²) in [6.45, 7) is 6.79. The summed E-state index contributed by atoms with van der Waals surface area (Å²) >= 11 is 0. The zero-order valence-corrected chi connectivity index (χ0v) is 10.3. The Kier molecular flexibility index (Phi) is 4.54. The van der Waals surface area contributed by atoms with E-state index in [2.05, 4.69) is 24.1 Å². The number of hydrogen-bond donors (Lipinski definition) is 1. The Labute approximate surface area is 92.6 Å². The first kappa shape index (κ1) is 12.5. The SMILES string of the molecule is CNCC1C(=O)N(C(C)C)CCCN1C. The first-order valence-corrected chi connectivity index (χ1v) is 5.73. The molecule has 1 rings (SSSR count). The predicted octanol–water partition coefficient (Wildman–Crippen LogP) is 0.147. The summed E-state index contributed by atoms with van der Waals surface area (Å²) in [6, 6.07) is 0.309. The molecule has 4 heteroatoms. The molecule has 1 atom stereocenters. The summed E-state index contributed by atoms with van der Waals surface area (Å²) < 4.78 is 0. The van der Waals surface area contributed by atoms with Gasteiger partial charge in [0.2, 0.25) is 5.91 Å². The lowest BCUT2D eigenvalue weighted by Crippen LogP contribution is -2.50. The van der Waals surface area contributed by atoms with Crippen LogP contribution in [0.4, 0.5) is 0 Å². The van der Waals surface area contributed by atoms with Crippen molar-refractivity contribution in [3.63, 3.8) is 0 Å². The molecule has 1 fully saturated rings. The molecule has 0 aromatic carbocycles. The number of nitrogens with one attached hydrogen (secondary N) is 1. The number of hydrogen-bond acceptors (Lipinski definition) is 3. The summed E-state index contributed by atoms with van der Waals surface area (Å²) in [6.07, 6.45) is 1.07. The predicted molar refractivity (Wildman–Crippen MR) is 61.8 cm³/mol. The highest BCUT2D eigenvalue weighted by Crippen LogP contribution is 2.12. The van der Waals surface area contributed by atoms with E-state index < -0.39 is 0 Å². The fourth-order valence-electron chi connectivity index (χ4n) is 2.09. The van der Waals surface area contributed by atoms with Crippen LogP contribution < -0.4 is 5.32 Å². The Morgan fingerprint density at radius 2 is 2.13 bits per heavy atom. The van der Waals surface area contributed by atoms with Crippen molar-refractivity contribution < 1.29 is 4.79 Å². The van der Waals surface area contributed by atoms with Gasteiger partial charge in [-0.15, -0.1) is 0 Å². The number of amides is 1. The number of nitrogens with zero attached hydrogens (tertiary/aromatic N) is 2. The molecule has 15 heavy (non-hydrogen) atoms. The number of likely N-dealkylation sites (N-methyl/N-ethyl adjacent to an activating group) is 2. The minimum Gasteiger partial charge on any atom is -0.339 e. The van der Waals surface area contributed by atoms with Gasteiger partial charge in [-0.05, 0) is 34.4 Å². The van der Waals surface area contributed by atoms with Crippen LogP contribution in [0, 0.1) is 0 Å². The standard InChI is InChI=1S/C11H23N3O/c1-9(2)14-7-5-6-13(4)10(8-12-3)11(14)15/h9-10,12H,5-8H2,1-4H3. The molecule has 1 aliphatic heterocycles. The summed E-state index contributed by atoms with van der Waals surface area (Å²) in [5.74, 6) is 0.263. The van der Waals surface area contributed by atoms with E-state index in [0.717, 1.165) is 26.1 Å². The van der Waals surface area contributed by atoms with Crippen LogP contribution in [0.2, 0.25) is 0 Å². The minimum atomic E-state index is -0.0000926. The van der Waals surface area contributed by atoms with Crippen molar-refractivity contribution in [3.8, 4) is 0 Å². The molecule has 0 aromatic rings. The molecule has 1 saturated heterocycles. The third kappa shape index (κ3) is 2.92. The molecule has 4 nitrogen and oxygen atoms in total. The van der Waals surface area contributed by atoms with Crippen molar-refractivity contribution >= 4 is 5.91 Å². The maximum absolute atomic E-state index is 12.2. The molecular weight excluding hydrogens is 190 g/mol. The fourth-order valence-corrected chi connectivity index (χ4v) is 2.09. The van der Waals surface area contributed by atoms with Gasteiger partial charge in [-0.1, -0.05) is 0 Å². The van der Waals surface area contributed by atoms with Crippen molar-refractivity contribution in [1.29, 1.82) is 0 Å². The lowest BCUT2D eigenvalue weighted by atomic mass is 10.2. The van der Waals surface area contributed by atoms with Crippen LogP contribution in [0.15, 0.2) is 0 Å². The number of carbonyl (C=O) groups excluding carboxylic acids is 1. The zero-order valence-electron chi connectivity index (χ0n) is 10.3. The van der Waals surface area contributed by atoms with Gasteiger partial charge in [0, 0.05) is 25.7 Å². The average molecular weight is 213 g/mol. The van der Waals surface area contributed by atoms with Crippen molar-refractivity contribution in [2.75, 3.05) is 33.7 Å². The van der Waals surface area contributed by atoms with Crippen molar-refractivity contribution in [2.45, 2.75) is 32.4 Å². The fraction of sp³-hybridized carbons (Fsp3) is 0.909. The van der Waals surface area contributed by atoms with E-state index in [4.69, 9.17) is 0 Å². The second-order valence-corrected chi connectivity index (χ2v) is 4.53. The van der Waals surface area contributed by atoms with Crippen LogP contribution in [-0.2, 0) is 4.79 Å². The van der Waals surface area contributed by atoms with E-state index in [1.54, 1.807) is 0 Å². The quantitative estimate of drug-likeness (QED) is 0.725. The number of carbonyl (C=O) groups is 1. The van der Waals surface area contributed by atoms with Crippen LogP contribution in [0.3, 0.4) is 0 Å². The van der Waals surface area contributed by atoms with Gasteiger partial charge in [0.1, 0.15) is 6.04 Å². The molecule has 1 unspecified atom stereocenters. The van der Waals surface area contributed by atoms with Gasteiger partial charge < -0.3 is 10.2 Å². The van der Waals surface area contributed by atoms with E-state index >= 15 is 0 Å². The van der Waals surface area contributed by atoms with Crippen LogP contribution >= 0.6 is 0 Å². The Hall–Kier alpha value is -0.610. The third-order valence-corrected chi connectivity index (χ3v) is 3.03. The second kappa shape index (κ2) is 5.47. The highest BCUT2D eigenvalue weighted by atomic mass is 16.2. The maximum Gasteiger partial charge on any atom is 0.241 e. The monoisotopic (exact) mass is 213 g/mol. The molecule has 1 heterocycles. The first-order valence-electron chi connectivity index (χ1n) is 5.73. The largest absolute Gasteiger partial charge is 0.339 e. The summed E-state index contributed by atoms with van der Waals surface area (Å²) in [7, 11) is 3.93. The van der Waals surface area contributed by atoms with Crippen LogP contribution in [-0.4, -0.2) is 61.5 Å². The molecule has 1 N–H and O–H groups in total. The van der Waals surface area contributed by atoms with Gasteiger partial charge in [-0.2, -0.15) is 0 Å². The normalized spacial score (nSPS) is 24.7. The molecular formula is C11H23N3O. The van der Waals surface area contributed by atoms with Crippen LogP contribution in [0.1, 0.15) is 20.3 Å². The Morgan fingerprint density at radius 3 is 2.67 bits per heavy atom. The zero-order chi connectivity index (χ0) is 11.4. The van der Waals surface area contributed by atoms with E-state index in [1.165, 1.54) is 0 Å². The first-order chi connectivity index (χ1) is 7.07. The number of rotatable bonds is 3. The molecule has 88 valence electrons. The smallest absolute Gasteiger partial charge is 0.241 e. The molecule has 1 aliphatic rings. The summed E-state index contributed by atoms with van der Waals surface area (Å²) in [4.78, 5) is 16.4. The van der Waals surface area contributed by atoms with Crippen LogP contribution in [0.25, 0.3) is 0 Å². The highest BCUT2D eigenvalue weighted by Gasteiger charge is 2.30. The Bertz CT molecular complexity index is 218. The lowest BCUT2D eigenvalue weighted by molar-refractivity contribution is -0.136. The topological polar surface area (TPSA) is 35.6 Å². The van der Waals surface area contributed by atoms with Crippen molar-refractivity contribution in [2.24, 2.45) is 0 Å². The molecule has 0 spiro atoms. The molecule has 0 bridgehead atoms. The van der Waals surface area contributed by atoms with Gasteiger partial charge in [0.25, 0.3) is 0 Å². The third-order valence-electron chi connectivity index (χ3n) is 3.03. The Morgan fingerprint density at radius 1 is 1.47 bits per heavy atom.